The molecule has 0 aliphatic carbocycles. The molecule has 2 nitrogen and oxygen atoms in total. The highest BCUT2D eigenvalue weighted by atomic mass is 32.2. The fraction of sp³-hybridized carbons (Fsp3) is 0.600. The van der Waals surface area contributed by atoms with E-state index in [0.29, 0.717) is 6.54 Å². The number of nitrogens with two attached hydrogens (primary N) is 1. The zero-order valence-electron chi connectivity index (χ0n) is 11.4. The Morgan fingerprint density at radius 2 is 2.11 bits per heavy atom. The van der Waals surface area contributed by atoms with Crippen molar-refractivity contribution in [2.24, 2.45) is 5.73 Å². The maximum absolute atomic E-state index is 6.06. The third-order valence-corrected chi connectivity index (χ3v) is 4.96. The van der Waals surface area contributed by atoms with Crippen LogP contribution in [0.3, 0.4) is 0 Å². The summed E-state index contributed by atoms with van der Waals surface area (Å²) in [7, 11) is 0. The van der Waals surface area contributed by atoms with Crippen molar-refractivity contribution >= 4 is 11.8 Å². The minimum atomic E-state index is 0.0724. The van der Waals surface area contributed by atoms with E-state index in [0.717, 1.165) is 11.8 Å². The molecule has 2 rings (SSSR count). The van der Waals surface area contributed by atoms with Gasteiger partial charge >= 0.3 is 0 Å². The maximum atomic E-state index is 6.06. The highest BCUT2D eigenvalue weighted by molar-refractivity contribution is 7.99. The van der Waals surface area contributed by atoms with Crippen LogP contribution in [0.15, 0.2) is 30.3 Å². The lowest BCUT2D eigenvalue weighted by Crippen LogP contribution is -2.48. The average molecular weight is 264 g/mol. The summed E-state index contributed by atoms with van der Waals surface area (Å²) >= 11 is 2.08. The van der Waals surface area contributed by atoms with E-state index in [1.807, 2.05) is 0 Å². The minimum Gasteiger partial charge on any atom is -0.330 e. The Bertz CT molecular complexity index is 368. The largest absolute Gasteiger partial charge is 0.330 e. The van der Waals surface area contributed by atoms with Gasteiger partial charge in [-0.3, -0.25) is 0 Å². The Morgan fingerprint density at radius 1 is 1.39 bits per heavy atom. The topological polar surface area (TPSA) is 29.3 Å². The van der Waals surface area contributed by atoms with E-state index in [1.54, 1.807) is 0 Å². The molecular formula is C15H24N2S. The molecule has 1 fully saturated rings. The van der Waals surface area contributed by atoms with Crippen LogP contribution >= 0.6 is 11.8 Å². The second-order valence-corrected chi connectivity index (χ2v) is 7.09. The molecule has 1 heterocycles. The zero-order chi connectivity index (χ0) is 13.0. The first-order chi connectivity index (χ1) is 8.64. The highest BCUT2D eigenvalue weighted by Crippen LogP contribution is 2.26. The van der Waals surface area contributed by atoms with Gasteiger partial charge in [-0.05, 0) is 5.56 Å². The number of nitrogens with zero attached hydrogens (tertiary/aromatic N) is 1. The Hall–Kier alpha value is -0.510. The molecule has 2 atom stereocenters. The molecule has 2 unspecified atom stereocenters. The van der Waals surface area contributed by atoms with Crippen LogP contribution in [0.2, 0.25) is 0 Å². The highest BCUT2D eigenvalue weighted by Gasteiger charge is 2.29. The van der Waals surface area contributed by atoms with Gasteiger partial charge in [0.25, 0.3) is 0 Å². The number of benzene rings is 1. The molecule has 2 N–H and O–H groups in total. The van der Waals surface area contributed by atoms with Gasteiger partial charge in [-0.2, -0.15) is 11.8 Å². The van der Waals surface area contributed by atoms with Gasteiger partial charge in [0.15, 0.2) is 0 Å². The fourth-order valence-corrected chi connectivity index (χ4v) is 3.72. The Balaban J connectivity index is 2.08. The van der Waals surface area contributed by atoms with Crippen LogP contribution in [0.5, 0.6) is 0 Å². The summed E-state index contributed by atoms with van der Waals surface area (Å²) < 4.78 is 0. The number of hydrogen-bond acceptors (Lipinski definition) is 3. The quantitative estimate of drug-likeness (QED) is 0.905. The van der Waals surface area contributed by atoms with Gasteiger partial charge in [0.2, 0.25) is 0 Å². The van der Waals surface area contributed by atoms with Crippen molar-refractivity contribution in [2.45, 2.75) is 24.5 Å². The normalized spacial score (nSPS) is 24.7. The van der Waals surface area contributed by atoms with Crippen LogP contribution in [-0.4, -0.2) is 42.1 Å². The van der Waals surface area contributed by atoms with Gasteiger partial charge in [-0.1, -0.05) is 44.2 Å². The standard InChI is InChI=1S/C15H24N2S/c1-13-10-17(8-9-18-13)12-15(2,11-16)14-6-4-3-5-7-14/h3-7,13H,8-12,16H2,1-2H3. The molecule has 1 aliphatic heterocycles. The van der Waals surface area contributed by atoms with E-state index in [1.165, 1.54) is 24.4 Å². The van der Waals surface area contributed by atoms with Gasteiger partial charge in [0, 0.05) is 42.6 Å². The molecule has 18 heavy (non-hydrogen) atoms. The monoisotopic (exact) mass is 264 g/mol. The molecule has 3 heteroatoms. The minimum absolute atomic E-state index is 0.0724. The van der Waals surface area contributed by atoms with E-state index in [9.17, 15) is 0 Å². The molecule has 0 aromatic heterocycles. The lowest BCUT2D eigenvalue weighted by Gasteiger charge is -2.38. The first-order valence-corrected chi connectivity index (χ1v) is 7.78. The van der Waals surface area contributed by atoms with Gasteiger partial charge < -0.3 is 10.6 Å². The van der Waals surface area contributed by atoms with Gasteiger partial charge in [-0.25, -0.2) is 0 Å². The summed E-state index contributed by atoms with van der Waals surface area (Å²) in [4.78, 5) is 2.57. The Morgan fingerprint density at radius 3 is 2.72 bits per heavy atom. The smallest absolute Gasteiger partial charge is 0.0174 e. The van der Waals surface area contributed by atoms with Crippen LogP contribution in [-0.2, 0) is 5.41 Å². The van der Waals surface area contributed by atoms with Crippen molar-refractivity contribution in [3.8, 4) is 0 Å². The van der Waals surface area contributed by atoms with Crippen molar-refractivity contribution in [3.63, 3.8) is 0 Å². The molecule has 0 spiro atoms. The predicted molar refractivity (Wildman–Crippen MR) is 81.2 cm³/mol. The SMILES string of the molecule is CC1CN(CC(C)(CN)c2ccccc2)CCS1. The molecule has 1 aromatic carbocycles. The lowest BCUT2D eigenvalue weighted by molar-refractivity contribution is 0.226. The van der Waals surface area contributed by atoms with Crippen LogP contribution in [0.25, 0.3) is 0 Å². The molecule has 0 saturated carbocycles. The molecule has 0 bridgehead atoms. The number of hydrogen-bond donors (Lipinski definition) is 1. The second kappa shape index (κ2) is 6.09. The van der Waals surface area contributed by atoms with Crippen molar-refractivity contribution < 1.29 is 0 Å². The van der Waals surface area contributed by atoms with Gasteiger partial charge in [-0.15, -0.1) is 0 Å². The summed E-state index contributed by atoms with van der Waals surface area (Å²) in [6.07, 6.45) is 0. The third kappa shape index (κ3) is 3.28. The van der Waals surface area contributed by atoms with Crippen molar-refractivity contribution in [2.75, 3.05) is 31.9 Å². The van der Waals surface area contributed by atoms with Crippen LogP contribution in [0.4, 0.5) is 0 Å². The average Bonchev–Trinajstić information content (AvgIpc) is 2.39. The summed E-state index contributed by atoms with van der Waals surface area (Å²) in [6.45, 7) is 8.76. The van der Waals surface area contributed by atoms with Gasteiger partial charge in [0.05, 0.1) is 0 Å². The van der Waals surface area contributed by atoms with E-state index >= 15 is 0 Å². The number of rotatable bonds is 4. The van der Waals surface area contributed by atoms with Crippen LogP contribution < -0.4 is 5.73 Å². The van der Waals surface area contributed by atoms with Crippen molar-refractivity contribution in [1.82, 2.24) is 4.90 Å². The molecule has 1 aromatic rings. The fourth-order valence-electron chi connectivity index (χ4n) is 2.64. The van der Waals surface area contributed by atoms with E-state index in [2.05, 4.69) is 60.8 Å². The summed E-state index contributed by atoms with van der Waals surface area (Å²) in [5.74, 6) is 1.25. The van der Waals surface area contributed by atoms with E-state index in [-0.39, 0.29) is 5.41 Å². The van der Waals surface area contributed by atoms with Crippen LogP contribution in [0, 0.1) is 0 Å². The molecule has 1 saturated heterocycles. The lowest BCUT2D eigenvalue weighted by atomic mass is 9.82. The molecule has 1 aliphatic rings. The summed E-state index contributed by atoms with van der Waals surface area (Å²) in [6, 6.07) is 10.7. The van der Waals surface area contributed by atoms with Gasteiger partial charge in [0.1, 0.15) is 0 Å². The summed E-state index contributed by atoms with van der Waals surface area (Å²) in [5, 5.41) is 0.747. The first-order valence-electron chi connectivity index (χ1n) is 6.73. The number of thioether (sulfide) groups is 1. The Kier molecular flexibility index (Phi) is 4.71. The Labute approximate surface area is 115 Å². The van der Waals surface area contributed by atoms with Crippen LogP contribution in [0.1, 0.15) is 19.4 Å². The molecule has 0 radical (unpaired) electrons. The molecule has 0 amide bonds. The van der Waals surface area contributed by atoms with E-state index in [4.69, 9.17) is 5.73 Å². The first kappa shape index (κ1) is 13.9. The van der Waals surface area contributed by atoms with Crippen molar-refractivity contribution in [1.29, 1.82) is 0 Å². The van der Waals surface area contributed by atoms with E-state index < -0.39 is 0 Å². The second-order valence-electron chi connectivity index (χ2n) is 5.55. The zero-order valence-corrected chi connectivity index (χ0v) is 12.2. The molecule has 100 valence electrons. The predicted octanol–water partition coefficient (Wildman–Crippen LogP) is 2.34. The molecular weight excluding hydrogens is 240 g/mol. The van der Waals surface area contributed by atoms with Crippen molar-refractivity contribution in [3.05, 3.63) is 35.9 Å². The third-order valence-electron chi connectivity index (χ3n) is 3.82. The maximum Gasteiger partial charge on any atom is 0.0174 e. The summed E-state index contributed by atoms with van der Waals surface area (Å²) in [5.41, 5.74) is 7.49.